The summed E-state index contributed by atoms with van der Waals surface area (Å²) in [6, 6.07) is 0. The lowest BCUT2D eigenvalue weighted by molar-refractivity contribution is -0.156. The minimum absolute atomic E-state index is 0. The summed E-state index contributed by atoms with van der Waals surface area (Å²) in [4.78, 5) is 49.8. The monoisotopic (exact) mass is 810 g/mol. The predicted molar refractivity (Wildman–Crippen MR) is 235 cm³/mol. The van der Waals surface area contributed by atoms with Gasteiger partial charge in [-0.2, -0.15) is 0 Å². The lowest BCUT2D eigenvalue weighted by Crippen LogP contribution is -2.39. The first kappa shape index (κ1) is 51.9. The van der Waals surface area contributed by atoms with Crippen molar-refractivity contribution in [3.05, 3.63) is 130 Å². The topological polar surface area (TPSA) is 139 Å². The highest BCUT2D eigenvalue weighted by atomic mass is 35.5. The first-order chi connectivity index (χ1) is 25.3. The van der Waals surface area contributed by atoms with Crippen LogP contribution in [-0.2, 0) is 28.7 Å². The molecule has 2 atom stereocenters. The van der Waals surface area contributed by atoms with Gasteiger partial charge in [0, 0.05) is 25.9 Å². The molecule has 56 heavy (non-hydrogen) atoms. The van der Waals surface area contributed by atoms with Crippen LogP contribution < -0.4 is 11.5 Å². The van der Waals surface area contributed by atoms with Crippen molar-refractivity contribution in [3.8, 4) is 0 Å². The van der Waals surface area contributed by atoms with Crippen molar-refractivity contribution < 1.29 is 28.7 Å². The lowest BCUT2D eigenvalue weighted by Gasteiger charge is -2.36. The average Bonchev–Trinajstić information content (AvgIpc) is 3.07. The van der Waals surface area contributed by atoms with Gasteiger partial charge in [0.05, 0.1) is 12.8 Å². The molecular formula is C46H64Cl2N2O6. The summed E-state index contributed by atoms with van der Waals surface area (Å²) in [6.45, 7) is 20.3. The molecule has 0 heterocycles. The lowest BCUT2D eigenvalue weighted by atomic mass is 9.71. The minimum Gasteiger partial charge on any atom is -0.454 e. The maximum atomic E-state index is 12.9. The summed E-state index contributed by atoms with van der Waals surface area (Å²) < 4.78 is 10.9. The van der Waals surface area contributed by atoms with Crippen LogP contribution in [0.25, 0.3) is 0 Å². The molecule has 10 heteroatoms. The number of nitrogens with two attached hydrogens (primary N) is 2. The molecule has 4 N–H and O–H groups in total. The third-order valence-corrected chi connectivity index (χ3v) is 9.52. The van der Waals surface area contributed by atoms with Crippen molar-refractivity contribution in [3.63, 3.8) is 0 Å². The highest BCUT2D eigenvalue weighted by Gasteiger charge is 2.41. The number of hydrogen-bond acceptors (Lipinski definition) is 8. The zero-order chi connectivity index (χ0) is 40.6. The molecule has 308 valence electrons. The van der Waals surface area contributed by atoms with E-state index in [9.17, 15) is 19.2 Å². The van der Waals surface area contributed by atoms with Crippen LogP contribution in [0.1, 0.15) is 94.9 Å². The zero-order valence-electron chi connectivity index (χ0n) is 34.9. The van der Waals surface area contributed by atoms with Gasteiger partial charge in [0.2, 0.25) is 0 Å². The number of ether oxygens (including phenoxy) is 2. The molecule has 0 bridgehead atoms. The summed E-state index contributed by atoms with van der Waals surface area (Å²) in [5.41, 5.74) is 17.6. The first-order valence-electron chi connectivity index (χ1n) is 18.7. The number of Topliss-reactive ketones (excluding diaryl/α,β-unsaturated/α-hetero) is 2. The van der Waals surface area contributed by atoms with E-state index in [1.54, 1.807) is 13.8 Å². The van der Waals surface area contributed by atoms with E-state index in [0.717, 1.165) is 33.4 Å². The molecule has 0 saturated carbocycles. The maximum absolute atomic E-state index is 12.9. The molecule has 2 aliphatic rings. The van der Waals surface area contributed by atoms with Crippen molar-refractivity contribution in [2.45, 2.75) is 107 Å². The molecule has 0 aliphatic heterocycles. The van der Waals surface area contributed by atoms with Gasteiger partial charge in [0.25, 0.3) is 0 Å². The van der Waals surface area contributed by atoms with Gasteiger partial charge in [0.15, 0.2) is 23.8 Å². The van der Waals surface area contributed by atoms with Crippen LogP contribution >= 0.6 is 24.8 Å². The Morgan fingerprint density at radius 2 is 0.893 bits per heavy atom. The maximum Gasteiger partial charge on any atom is 0.307 e. The summed E-state index contributed by atoms with van der Waals surface area (Å²) in [5.74, 6) is -1.18. The molecule has 2 aliphatic carbocycles. The van der Waals surface area contributed by atoms with Crippen LogP contribution in [0.15, 0.2) is 130 Å². The van der Waals surface area contributed by atoms with Crippen LogP contribution in [0.5, 0.6) is 0 Å². The van der Waals surface area contributed by atoms with Crippen molar-refractivity contribution >= 4 is 48.3 Å². The van der Waals surface area contributed by atoms with E-state index >= 15 is 0 Å². The number of carbonyl (C=O) groups excluding carboxylic acids is 4. The van der Waals surface area contributed by atoms with Crippen LogP contribution in [0.2, 0.25) is 0 Å². The third kappa shape index (κ3) is 16.6. The number of rotatable bonds is 16. The molecule has 0 aromatic carbocycles. The van der Waals surface area contributed by atoms with Crippen LogP contribution in [0, 0.1) is 10.8 Å². The molecule has 0 radical (unpaired) electrons. The number of carbonyl (C=O) groups is 4. The van der Waals surface area contributed by atoms with Crippen LogP contribution in [0.4, 0.5) is 0 Å². The average molecular weight is 812 g/mol. The van der Waals surface area contributed by atoms with Crippen molar-refractivity contribution in [1.82, 2.24) is 0 Å². The van der Waals surface area contributed by atoms with Crippen molar-refractivity contribution in [1.29, 1.82) is 0 Å². The molecule has 0 fully saturated rings. The van der Waals surface area contributed by atoms with Crippen LogP contribution in [0.3, 0.4) is 0 Å². The van der Waals surface area contributed by atoms with E-state index in [4.69, 9.17) is 20.9 Å². The second-order valence-corrected chi connectivity index (χ2v) is 15.4. The number of allylic oxidation sites excluding steroid dienone is 20. The quantitative estimate of drug-likeness (QED) is 0.116. The van der Waals surface area contributed by atoms with Gasteiger partial charge < -0.3 is 20.9 Å². The van der Waals surface area contributed by atoms with E-state index in [-0.39, 0.29) is 73.1 Å². The minimum atomic E-state index is -0.771. The number of esters is 2. The van der Waals surface area contributed by atoms with E-state index < -0.39 is 24.1 Å². The summed E-state index contributed by atoms with van der Waals surface area (Å²) in [7, 11) is 0. The standard InChI is InChI=1S/C46H62N2O6.2ClH/c1-31(17-13-19-33(3)21-23-37-35(5)43(51)39(29-45(37,7)8)53-41(49)25-27-47)15-11-12-16-32(2)18-14-20-34(4)22-24-38-36(6)44(52)40(30-46(38,9)10)54-42(50)26-28-48;;/h11-24,39-40H,25-30,47-48H2,1-10H3;2*1H. The molecule has 0 spiro atoms. The highest BCUT2D eigenvalue weighted by Crippen LogP contribution is 2.42. The van der Waals surface area contributed by atoms with Crippen molar-refractivity contribution in [2.24, 2.45) is 22.3 Å². The fourth-order valence-electron chi connectivity index (χ4n) is 6.43. The highest BCUT2D eigenvalue weighted by molar-refractivity contribution is 6.02. The van der Waals surface area contributed by atoms with Gasteiger partial charge in [-0.25, -0.2) is 0 Å². The van der Waals surface area contributed by atoms with Crippen molar-refractivity contribution in [2.75, 3.05) is 13.1 Å². The molecule has 0 amide bonds. The Morgan fingerprint density at radius 1 is 0.589 bits per heavy atom. The molecular weight excluding hydrogens is 747 g/mol. The molecule has 2 rings (SSSR count). The number of halogens is 2. The number of hydrogen-bond donors (Lipinski definition) is 2. The molecule has 0 saturated heterocycles. The molecule has 8 nitrogen and oxygen atoms in total. The van der Waals surface area contributed by atoms with Gasteiger partial charge in [-0.05, 0) is 74.7 Å². The SMILES string of the molecule is CC(C=CC=C(C)C=CC1=C(C)C(=O)C(OC(=O)CCN)CC1(C)C)=CC=CC=C(C)C=CC=C(C)C=CC1=C(C)C(=O)C(OC(=O)CCN)CC1(C)C.Cl.Cl. The van der Waals surface area contributed by atoms with E-state index in [1.807, 2.05) is 113 Å². The Hall–Kier alpha value is -4.08. The molecule has 0 aromatic heterocycles. The summed E-state index contributed by atoms with van der Waals surface area (Å²) in [5, 5.41) is 0. The molecule has 0 aromatic rings. The Labute approximate surface area is 347 Å². The van der Waals surface area contributed by atoms with E-state index in [0.29, 0.717) is 24.0 Å². The second kappa shape index (κ2) is 24.5. The first-order valence-corrected chi connectivity index (χ1v) is 18.7. The van der Waals surface area contributed by atoms with Gasteiger partial charge >= 0.3 is 11.9 Å². The third-order valence-electron chi connectivity index (χ3n) is 9.52. The Balaban J connectivity index is 0.0000151. The molecule has 2 unspecified atom stereocenters. The number of ketones is 2. The summed E-state index contributed by atoms with van der Waals surface area (Å²) >= 11 is 0. The fraction of sp³-hybridized carbons (Fsp3) is 0.435. The van der Waals surface area contributed by atoms with Gasteiger partial charge in [0.1, 0.15) is 0 Å². The van der Waals surface area contributed by atoms with Gasteiger partial charge in [-0.1, -0.05) is 135 Å². The van der Waals surface area contributed by atoms with Gasteiger partial charge in [-0.15, -0.1) is 24.8 Å². The predicted octanol–water partition coefficient (Wildman–Crippen LogP) is 9.55. The summed E-state index contributed by atoms with van der Waals surface area (Å²) in [6.07, 6.45) is 27.7. The fourth-order valence-corrected chi connectivity index (χ4v) is 6.43. The largest absolute Gasteiger partial charge is 0.454 e. The zero-order valence-corrected chi connectivity index (χ0v) is 36.5. The van der Waals surface area contributed by atoms with E-state index in [2.05, 4.69) is 27.7 Å². The Kier molecular flexibility index (Phi) is 22.7. The van der Waals surface area contributed by atoms with Gasteiger partial charge in [-0.3, -0.25) is 19.2 Å². The normalized spacial score (nSPS) is 21.1. The Bertz CT molecular complexity index is 1650. The smallest absolute Gasteiger partial charge is 0.307 e. The van der Waals surface area contributed by atoms with Crippen LogP contribution in [-0.4, -0.2) is 48.8 Å². The van der Waals surface area contributed by atoms with E-state index in [1.165, 1.54) is 0 Å². The Morgan fingerprint density at radius 3 is 1.21 bits per heavy atom. The second-order valence-electron chi connectivity index (χ2n) is 15.4.